The molecule has 0 bridgehead atoms. The zero-order valence-electron chi connectivity index (χ0n) is 8.87. The summed E-state index contributed by atoms with van der Waals surface area (Å²) in [6.07, 6.45) is 3.22. The van der Waals surface area contributed by atoms with Crippen molar-refractivity contribution in [2.24, 2.45) is 0 Å². The summed E-state index contributed by atoms with van der Waals surface area (Å²) in [5.41, 5.74) is 1.95. The molecule has 1 N–H and O–H groups in total. The van der Waals surface area contributed by atoms with Gasteiger partial charge in [-0.15, -0.1) is 0 Å². The van der Waals surface area contributed by atoms with Gasteiger partial charge >= 0.3 is 0 Å². The number of anilines is 2. The van der Waals surface area contributed by atoms with Gasteiger partial charge < -0.3 is 10.2 Å². The Bertz CT molecular complexity index is 447. The van der Waals surface area contributed by atoms with Crippen molar-refractivity contribution in [3.63, 3.8) is 0 Å². The van der Waals surface area contributed by atoms with Crippen LogP contribution in [0.15, 0.2) is 18.2 Å². The third-order valence-corrected chi connectivity index (χ3v) is 3.57. The highest BCUT2D eigenvalue weighted by Gasteiger charge is 2.34. The van der Waals surface area contributed by atoms with E-state index in [1.54, 1.807) is 0 Å². The van der Waals surface area contributed by atoms with E-state index in [2.05, 4.69) is 10.2 Å². The number of piperidine rings is 1. The molecule has 0 aromatic heterocycles. The smallest absolute Gasteiger partial charge is 0.247 e. The Morgan fingerprint density at radius 3 is 3.12 bits per heavy atom. The lowest BCUT2D eigenvalue weighted by molar-refractivity contribution is -0.118. The molecule has 2 aliphatic rings. The maximum Gasteiger partial charge on any atom is 0.247 e. The largest absolute Gasteiger partial charge is 0.358 e. The summed E-state index contributed by atoms with van der Waals surface area (Å²) >= 11 is 6.00. The molecule has 0 saturated carbocycles. The van der Waals surface area contributed by atoms with E-state index in [4.69, 9.17) is 11.6 Å². The van der Waals surface area contributed by atoms with E-state index in [1.165, 1.54) is 0 Å². The SMILES string of the molecule is O=C1Nc2ccc(Cl)cc2N2CCCCC12. The molecule has 3 nitrogen and oxygen atoms in total. The van der Waals surface area contributed by atoms with E-state index in [9.17, 15) is 4.79 Å². The van der Waals surface area contributed by atoms with E-state index >= 15 is 0 Å². The van der Waals surface area contributed by atoms with Crippen LogP contribution in [-0.4, -0.2) is 18.5 Å². The third kappa shape index (κ3) is 1.47. The third-order valence-electron chi connectivity index (χ3n) is 3.33. The van der Waals surface area contributed by atoms with Crippen LogP contribution in [0.2, 0.25) is 5.02 Å². The number of amides is 1. The number of hydrogen-bond acceptors (Lipinski definition) is 2. The number of hydrogen-bond donors (Lipinski definition) is 1. The number of benzene rings is 1. The second-order valence-electron chi connectivity index (χ2n) is 4.36. The number of nitrogens with zero attached hydrogens (tertiary/aromatic N) is 1. The van der Waals surface area contributed by atoms with Gasteiger partial charge in [0.1, 0.15) is 6.04 Å². The van der Waals surface area contributed by atoms with E-state index < -0.39 is 0 Å². The van der Waals surface area contributed by atoms with Crippen LogP contribution in [0, 0.1) is 0 Å². The van der Waals surface area contributed by atoms with Crippen molar-refractivity contribution < 1.29 is 4.79 Å². The minimum absolute atomic E-state index is 0.000262. The molecule has 4 heteroatoms. The van der Waals surface area contributed by atoms with E-state index in [1.807, 2.05) is 18.2 Å². The van der Waals surface area contributed by atoms with Crippen LogP contribution in [0.1, 0.15) is 19.3 Å². The predicted octanol–water partition coefficient (Wildman–Crippen LogP) is 2.65. The molecule has 2 aliphatic heterocycles. The summed E-state index contributed by atoms with van der Waals surface area (Å²) in [7, 11) is 0. The van der Waals surface area contributed by atoms with Crippen molar-refractivity contribution in [3.8, 4) is 0 Å². The standard InChI is InChI=1S/C12H13ClN2O/c13-8-4-5-9-11(7-8)15-6-2-1-3-10(15)12(16)14-9/h4-5,7,10H,1-3,6H2,(H,14,16). The Morgan fingerprint density at radius 1 is 1.38 bits per heavy atom. The van der Waals surface area contributed by atoms with E-state index in [-0.39, 0.29) is 11.9 Å². The quantitative estimate of drug-likeness (QED) is 0.751. The molecule has 16 heavy (non-hydrogen) atoms. The molecule has 1 atom stereocenters. The van der Waals surface area contributed by atoms with Crippen LogP contribution in [0.3, 0.4) is 0 Å². The van der Waals surface area contributed by atoms with Crippen LogP contribution in [0.5, 0.6) is 0 Å². The van der Waals surface area contributed by atoms with Gasteiger partial charge in [0.05, 0.1) is 11.4 Å². The van der Waals surface area contributed by atoms with Crippen molar-refractivity contribution in [1.82, 2.24) is 0 Å². The first-order valence-corrected chi connectivity index (χ1v) is 6.00. The number of rotatable bonds is 0. The summed E-state index contributed by atoms with van der Waals surface area (Å²) < 4.78 is 0. The fraction of sp³-hybridized carbons (Fsp3) is 0.417. The van der Waals surface area contributed by atoms with Crippen LogP contribution < -0.4 is 10.2 Å². The van der Waals surface area contributed by atoms with Gasteiger partial charge in [-0.1, -0.05) is 11.6 Å². The summed E-state index contributed by atoms with van der Waals surface area (Å²) in [6, 6.07) is 5.62. The Labute approximate surface area is 99.4 Å². The first-order chi connectivity index (χ1) is 7.75. The van der Waals surface area contributed by atoms with Gasteiger partial charge in [-0.25, -0.2) is 0 Å². The van der Waals surface area contributed by atoms with Crippen LogP contribution in [0.4, 0.5) is 11.4 Å². The molecule has 0 radical (unpaired) electrons. The van der Waals surface area contributed by atoms with Gasteiger partial charge in [0.25, 0.3) is 0 Å². The molecule has 84 valence electrons. The maximum absolute atomic E-state index is 11.9. The summed E-state index contributed by atoms with van der Waals surface area (Å²) in [5, 5.41) is 3.67. The lowest BCUT2D eigenvalue weighted by Gasteiger charge is -2.41. The van der Waals surface area contributed by atoms with Gasteiger partial charge in [0.15, 0.2) is 0 Å². The summed E-state index contributed by atoms with van der Waals surface area (Å²) in [5.74, 6) is 0.120. The van der Waals surface area contributed by atoms with Gasteiger partial charge in [-0.05, 0) is 37.5 Å². The van der Waals surface area contributed by atoms with E-state index in [0.717, 1.165) is 42.2 Å². The summed E-state index contributed by atoms with van der Waals surface area (Å²) in [4.78, 5) is 14.1. The molecule has 1 amide bonds. The second-order valence-corrected chi connectivity index (χ2v) is 4.79. The monoisotopic (exact) mass is 236 g/mol. The van der Waals surface area contributed by atoms with Gasteiger partial charge in [-0.2, -0.15) is 0 Å². The molecule has 1 fully saturated rings. The molecule has 1 aromatic rings. The first kappa shape index (κ1) is 9.97. The Morgan fingerprint density at radius 2 is 2.25 bits per heavy atom. The highest BCUT2D eigenvalue weighted by molar-refractivity contribution is 6.31. The number of fused-ring (bicyclic) bond motifs is 3. The van der Waals surface area contributed by atoms with Crippen molar-refractivity contribution >= 4 is 28.9 Å². The van der Waals surface area contributed by atoms with Crippen molar-refractivity contribution in [3.05, 3.63) is 23.2 Å². The molecule has 1 unspecified atom stereocenters. The molecule has 1 aromatic carbocycles. The Kier molecular flexibility index (Phi) is 2.28. The number of halogens is 1. The van der Waals surface area contributed by atoms with E-state index in [0.29, 0.717) is 0 Å². The number of nitrogens with one attached hydrogen (secondary N) is 1. The zero-order chi connectivity index (χ0) is 11.1. The molecule has 1 saturated heterocycles. The van der Waals surface area contributed by atoms with Gasteiger partial charge in [0.2, 0.25) is 5.91 Å². The van der Waals surface area contributed by atoms with Crippen LogP contribution in [-0.2, 0) is 4.79 Å². The average molecular weight is 237 g/mol. The molecular formula is C12H13ClN2O. The Hall–Kier alpha value is -1.22. The highest BCUT2D eigenvalue weighted by atomic mass is 35.5. The maximum atomic E-state index is 11.9. The van der Waals surface area contributed by atoms with Crippen LogP contribution in [0.25, 0.3) is 0 Å². The lowest BCUT2D eigenvalue weighted by atomic mass is 9.97. The number of carbonyl (C=O) groups is 1. The lowest BCUT2D eigenvalue weighted by Crippen LogP contribution is -2.50. The molecule has 0 spiro atoms. The molecule has 3 rings (SSSR count). The second kappa shape index (κ2) is 3.67. The van der Waals surface area contributed by atoms with Crippen LogP contribution >= 0.6 is 11.6 Å². The topological polar surface area (TPSA) is 32.3 Å². The fourth-order valence-electron chi connectivity index (χ4n) is 2.56. The van der Waals surface area contributed by atoms with Crippen molar-refractivity contribution in [1.29, 1.82) is 0 Å². The first-order valence-electron chi connectivity index (χ1n) is 5.63. The normalized spacial score (nSPS) is 23.4. The minimum Gasteiger partial charge on any atom is -0.358 e. The average Bonchev–Trinajstić information content (AvgIpc) is 2.31. The zero-order valence-corrected chi connectivity index (χ0v) is 9.63. The fourth-order valence-corrected chi connectivity index (χ4v) is 2.72. The minimum atomic E-state index is -0.000262. The predicted molar refractivity (Wildman–Crippen MR) is 65.1 cm³/mol. The summed E-state index contributed by atoms with van der Waals surface area (Å²) in [6.45, 7) is 0.950. The highest BCUT2D eigenvalue weighted by Crippen LogP contribution is 2.37. The Balaban J connectivity index is 2.07. The molecule has 2 heterocycles. The molecular weight excluding hydrogens is 224 g/mol. The van der Waals surface area contributed by atoms with Gasteiger partial charge in [-0.3, -0.25) is 4.79 Å². The number of carbonyl (C=O) groups excluding carboxylic acids is 1. The van der Waals surface area contributed by atoms with Gasteiger partial charge in [0, 0.05) is 11.6 Å². The van der Waals surface area contributed by atoms with Crippen molar-refractivity contribution in [2.75, 3.05) is 16.8 Å². The molecule has 0 aliphatic carbocycles. The van der Waals surface area contributed by atoms with Crippen molar-refractivity contribution in [2.45, 2.75) is 25.3 Å².